The molecule has 0 aromatic heterocycles. The summed E-state index contributed by atoms with van der Waals surface area (Å²) in [6.07, 6.45) is 6.96. The minimum absolute atomic E-state index is 0.128. The molecule has 2 aliphatic rings. The highest BCUT2D eigenvalue weighted by Gasteiger charge is 2.27. The molecule has 1 aliphatic carbocycles. The molecule has 0 spiro atoms. The SMILES string of the molecule is CC1CC(NC2CCCCC2O)CCO1. The summed E-state index contributed by atoms with van der Waals surface area (Å²) in [6.45, 7) is 2.99. The molecule has 0 radical (unpaired) electrons. The lowest BCUT2D eigenvalue weighted by Gasteiger charge is -2.35. The summed E-state index contributed by atoms with van der Waals surface area (Å²) in [5.41, 5.74) is 0. The van der Waals surface area contributed by atoms with Gasteiger partial charge in [-0.1, -0.05) is 12.8 Å². The Bertz CT molecular complexity index is 198. The summed E-state index contributed by atoms with van der Waals surface area (Å²) in [5.74, 6) is 0. The lowest BCUT2D eigenvalue weighted by atomic mass is 9.91. The van der Waals surface area contributed by atoms with E-state index in [0.717, 1.165) is 32.3 Å². The van der Waals surface area contributed by atoms with Crippen molar-refractivity contribution >= 4 is 0 Å². The number of ether oxygens (including phenoxy) is 1. The molecule has 3 heteroatoms. The number of rotatable bonds is 2. The molecule has 4 atom stereocenters. The molecule has 3 nitrogen and oxygen atoms in total. The third-order valence-electron chi connectivity index (χ3n) is 3.66. The Labute approximate surface area is 92.2 Å². The first kappa shape index (κ1) is 11.4. The largest absolute Gasteiger partial charge is 0.392 e. The van der Waals surface area contributed by atoms with Gasteiger partial charge in [0.2, 0.25) is 0 Å². The van der Waals surface area contributed by atoms with E-state index >= 15 is 0 Å². The molecular weight excluding hydrogens is 190 g/mol. The quantitative estimate of drug-likeness (QED) is 0.729. The van der Waals surface area contributed by atoms with Crippen molar-refractivity contribution in [2.24, 2.45) is 0 Å². The highest BCUT2D eigenvalue weighted by Crippen LogP contribution is 2.21. The first-order valence-electron chi connectivity index (χ1n) is 6.31. The van der Waals surface area contributed by atoms with Gasteiger partial charge in [0, 0.05) is 18.7 Å². The smallest absolute Gasteiger partial charge is 0.0693 e. The molecule has 4 unspecified atom stereocenters. The summed E-state index contributed by atoms with van der Waals surface area (Å²) in [4.78, 5) is 0. The monoisotopic (exact) mass is 213 g/mol. The van der Waals surface area contributed by atoms with E-state index in [1.54, 1.807) is 0 Å². The zero-order chi connectivity index (χ0) is 10.7. The Hall–Kier alpha value is -0.120. The lowest BCUT2D eigenvalue weighted by molar-refractivity contribution is 0.00237. The van der Waals surface area contributed by atoms with Gasteiger partial charge >= 0.3 is 0 Å². The molecule has 88 valence electrons. The molecule has 15 heavy (non-hydrogen) atoms. The Morgan fingerprint density at radius 1 is 1.20 bits per heavy atom. The fraction of sp³-hybridized carbons (Fsp3) is 1.00. The van der Waals surface area contributed by atoms with Crippen LogP contribution in [0.4, 0.5) is 0 Å². The molecule has 1 saturated heterocycles. The van der Waals surface area contributed by atoms with Crippen LogP contribution in [0.3, 0.4) is 0 Å². The van der Waals surface area contributed by atoms with E-state index < -0.39 is 0 Å². The Balaban J connectivity index is 1.79. The number of aliphatic hydroxyl groups is 1. The van der Waals surface area contributed by atoms with Crippen molar-refractivity contribution in [1.29, 1.82) is 0 Å². The van der Waals surface area contributed by atoms with Crippen molar-refractivity contribution < 1.29 is 9.84 Å². The van der Waals surface area contributed by atoms with Gasteiger partial charge in [-0.25, -0.2) is 0 Å². The second kappa shape index (κ2) is 5.28. The van der Waals surface area contributed by atoms with Gasteiger partial charge in [0.1, 0.15) is 0 Å². The number of hydrogen-bond donors (Lipinski definition) is 2. The Morgan fingerprint density at radius 3 is 2.73 bits per heavy atom. The second-order valence-corrected chi connectivity index (χ2v) is 5.03. The van der Waals surface area contributed by atoms with Crippen molar-refractivity contribution in [1.82, 2.24) is 5.32 Å². The van der Waals surface area contributed by atoms with Gasteiger partial charge < -0.3 is 15.2 Å². The topological polar surface area (TPSA) is 41.5 Å². The van der Waals surface area contributed by atoms with Crippen LogP contribution in [0.2, 0.25) is 0 Å². The van der Waals surface area contributed by atoms with E-state index in [2.05, 4.69) is 12.2 Å². The van der Waals surface area contributed by atoms with Crippen LogP contribution in [0.15, 0.2) is 0 Å². The van der Waals surface area contributed by atoms with Crippen LogP contribution in [0.25, 0.3) is 0 Å². The van der Waals surface area contributed by atoms with Crippen LogP contribution < -0.4 is 5.32 Å². The molecule has 2 N–H and O–H groups in total. The van der Waals surface area contributed by atoms with Crippen molar-refractivity contribution in [3.63, 3.8) is 0 Å². The average Bonchev–Trinajstić information content (AvgIpc) is 2.22. The normalized spacial score (nSPS) is 42.8. The predicted molar refractivity (Wildman–Crippen MR) is 59.8 cm³/mol. The lowest BCUT2D eigenvalue weighted by Crippen LogP contribution is -2.49. The molecule has 1 aliphatic heterocycles. The number of hydrogen-bond acceptors (Lipinski definition) is 3. The molecule has 0 amide bonds. The van der Waals surface area contributed by atoms with Gasteiger partial charge in [-0.3, -0.25) is 0 Å². The molecular formula is C12H23NO2. The maximum absolute atomic E-state index is 9.87. The van der Waals surface area contributed by atoms with Crippen LogP contribution in [0.1, 0.15) is 45.4 Å². The van der Waals surface area contributed by atoms with E-state index in [0.29, 0.717) is 18.2 Å². The van der Waals surface area contributed by atoms with Crippen molar-refractivity contribution in [2.45, 2.75) is 69.7 Å². The fourth-order valence-corrected chi connectivity index (χ4v) is 2.76. The minimum Gasteiger partial charge on any atom is -0.392 e. The molecule has 2 fully saturated rings. The third-order valence-corrected chi connectivity index (χ3v) is 3.66. The Morgan fingerprint density at radius 2 is 2.00 bits per heavy atom. The van der Waals surface area contributed by atoms with Gasteiger partial charge in [-0.2, -0.15) is 0 Å². The molecule has 0 aromatic rings. The summed E-state index contributed by atoms with van der Waals surface area (Å²) in [7, 11) is 0. The van der Waals surface area contributed by atoms with Crippen LogP contribution in [-0.2, 0) is 4.74 Å². The fourth-order valence-electron chi connectivity index (χ4n) is 2.76. The van der Waals surface area contributed by atoms with E-state index in [1.807, 2.05) is 0 Å². The molecule has 1 heterocycles. The van der Waals surface area contributed by atoms with Crippen LogP contribution >= 0.6 is 0 Å². The van der Waals surface area contributed by atoms with Crippen molar-refractivity contribution in [2.75, 3.05) is 6.61 Å². The second-order valence-electron chi connectivity index (χ2n) is 5.03. The molecule has 0 aromatic carbocycles. The van der Waals surface area contributed by atoms with Crippen molar-refractivity contribution in [3.8, 4) is 0 Å². The number of nitrogens with one attached hydrogen (secondary N) is 1. The van der Waals surface area contributed by atoms with Crippen LogP contribution in [-0.4, -0.2) is 36.0 Å². The third kappa shape index (κ3) is 3.16. The predicted octanol–water partition coefficient (Wildman–Crippen LogP) is 1.45. The zero-order valence-electron chi connectivity index (χ0n) is 9.61. The van der Waals surface area contributed by atoms with Gasteiger partial charge in [0.15, 0.2) is 0 Å². The maximum atomic E-state index is 9.87. The summed E-state index contributed by atoms with van der Waals surface area (Å²) in [5, 5.41) is 13.5. The number of aliphatic hydroxyl groups excluding tert-OH is 1. The zero-order valence-corrected chi connectivity index (χ0v) is 9.61. The van der Waals surface area contributed by atoms with Crippen molar-refractivity contribution in [3.05, 3.63) is 0 Å². The highest BCUT2D eigenvalue weighted by molar-refractivity contribution is 4.85. The summed E-state index contributed by atoms with van der Waals surface area (Å²) >= 11 is 0. The summed E-state index contributed by atoms with van der Waals surface area (Å²) < 4.78 is 5.52. The first-order valence-corrected chi connectivity index (χ1v) is 6.31. The van der Waals surface area contributed by atoms with E-state index in [-0.39, 0.29) is 6.10 Å². The molecule has 0 bridgehead atoms. The maximum Gasteiger partial charge on any atom is 0.0693 e. The van der Waals surface area contributed by atoms with Crippen LogP contribution in [0.5, 0.6) is 0 Å². The summed E-state index contributed by atoms with van der Waals surface area (Å²) in [6, 6.07) is 0.876. The van der Waals surface area contributed by atoms with Gasteiger partial charge in [-0.15, -0.1) is 0 Å². The van der Waals surface area contributed by atoms with E-state index in [9.17, 15) is 5.11 Å². The van der Waals surface area contributed by atoms with Gasteiger partial charge in [-0.05, 0) is 32.6 Å². The van der Waals surface area contributed by atoms with E-state index in [1.165, 1.54) is 12.8 Å². The molecule has 2 rings (SSSR count). The Kier molecular flexibility index (Phi) is 4.00. The minimum atomic E-state index is -0.128. The van der Waals surface area contributed by atoms with E-state index in [4.69, 9.17) is 4.74 Å². The first-order chi connectivity index (χ1) is 7.25. The van der Waals surface area contributed by atoms with Crippen LogP contribution in [0, 0.1) is 0 Å². The average molecular weight is 213 g/mol. The molecule has 1 saturated carbocycles. The highest BCUT2D eigenvalue weighted by atomic mass is 16.5. The standard InChI is InChI=1S/C12H23NO2/c1-9-8-10(6-7-15-9)13-11-4-2-3-5-12(11)14/h9-14H,2-8H2,1H3. The van der Waals surface area contributed by atoms with Gasteiger partial charge in [0.05, 0.1) is 12.2 Å². The van der Waals surface area contributed by atoms with Gasteiger partial charge in [0.25, 0.3) is 0 Å².